The van der Waals surface area contributed by atoms with Gasteiger partial charge in [0.1, 0.15) is 0 Å². The van der Waals surface area contributed by atoms with Gasteiger partial charge in [0.2, 0.25) is 15.9 Å². The van der Waals surface area contributed by atoms with Gasteiger partial charge in [0, 0.05) is 31.0 Å². The molecule has 0 unspecified atom stereocenters. The third-order valence-corrected chi connectivity index (χ3v) is 6.29. The number of rotatable bonds is 5. The largest absolute Gasteiger partial charge is 0.341 e. The molecule has 24 heavy (non-hydrogen) atoms. The molecule has 0 bridgehead atoms. The van der Waals surface area contributed by atoms with Crippen LogP contribution < -0.4 is 9.62 Å². The van der Waals surface area contributed by atoms with E-state index in [1.165, 1.54) is 17.0 Å². The molecule has 1 aliphatic heterocycles. The topological polar surface area (TPSA) is 70.9 Å². The van der Waals surface area contributed by atoms with Gasteiger partial charge in [-0.05, 0) is 25.1 Å². The number of amides is 1. The lowest BCUT2D eigenvalue weighted by Gasteiger charge is -2.34. The highest BCUT2D eigenvalue weighted by molar-refractivity contribution is 7.89. The molecule has 0 saturated carbocycles. The second kappa shape index (κ2) is 7.82. The van der Waals surface area contributed by atoms with Crippen molar-refractivity contribution >= 4 is 27.5 Å². The minimum atomic E-state index is -3.79. The van der Waals surface area contributed by atoms with Crippen LogP contribution in [0.1, 0.15) is 19.8 Å². The van der Waals surface area contributed by atoms with Crippen LogP contribution in [0, 0.1) is 0 Å². The highest BCUT2D eigenvalue weighted by Gasteiger charge is 2.30. The van der Waals surface area contributed by atoms with Crippen LogP contribution >= 0.6 is 11.6 Å². The molecule has 6 nitrogen and oxygen atoms in total. The molecule has 1 fully saturated rings. The normalized spacial score (nSPS) is 22.8. The predicted octanol–water partition coefficient (Wildman–Crippen LogP) is 0.142. The summed E-state index contributed by atoms with van der Waals surface area (Å²) in [5.41, 5.74) is 0. The number of sulfonamides is 1. The van der Waals surface area contributed by atoms with Crippen LogP contribution in [-0.2, 0) is 14.8 Å². The number of quaternary nitrogens is 1. The molecule has 8 heteroatoms. The summed E-state index contributed by atoms with van der Waals surface area (Å²) in [5, 5.41) is 0.336. The first-order chi connectivity index (χ1) is 11.2. The number of likely N-dealkylation sites (tertiary alicyclic amines) is 1. The van der Waals surface area contributed by atoms with Gasteiger partial charge in [0.05, 0.1) is 31.1 Å². The van der Waals surface area contributed by atoms with E-state index < -0.39 is 16.1 Å². The zero-order valence-corrected chi connectivity index (χ0v) is 15.8. The van der Waals surface area contributed by atoms with E-state index in [1.54, 1.807) is 31.0 Å². The van der Waals surface area contributed by atoms with Crippen LogP contribution in [0.15, 0.2) is 29.2 Å². The number of likely N-dealkylation sites (N-methyl/N-ethyl adjacent to an activating group) is 1. The van der Waals surface area contributed by atoms with Gasteiger partial charge in [-0.25, -0.2) is 8.42 Å². The number of hydrogen-bond acceptors (Lipinski definition) is 3. The third kappa shape index (κ3) is 4.69. The highest BCUT2D eigenvalue weighted by Crippen LogP contribution is 2.16. The Balaban J connectivity index is 2.02. The number of hydrogen-bond donors (Lipinski definition) is 2. The van der Waals surface area contributed by atoms with E-state index in [0.29, 0.717) is 5.02 Å². The third-order valence-electron chi connectivity index (χ3n) is 4.51. The van der Waals surface area contributed by atoms with E-state index in [0.717, 1.165) is 25.9 Å². The zero-order valence-electron chi connectivity index (χ0n) is 14.3. The summed E-state index contributed by atoms with van der Waals surface area (Å²) in [5.74, 6) is -0.217. The first-order valence-corrected chi connectivity index (χ1v) is 9.92. The number of nitrogens with one attached hydrogen (secondary N) is 2. The Labute approximate surface area is 148 Å². The number of piperidine rings is 1. The molecule has 2 rings (SSSR count). The molecule has 1 aromatic carbocycles. The summed E-state index contributed by atoms with van der Waals surface area (Å²) >= 11 is 5.84. The minimum Gasteiger partial charge on any atom is -0.341 e. The second-order valence-corrected chi connectivity index (χ2v) is 8.59. The molecule has 1 heterocycles. The van der Waals surface area contributed by atoms with Crippen molar-refractivity contribution in [2.45, 2.75) is 36.7 Å². The Morgan fingerprint density at radius 1 is 1.38 bits per heavy atom. The standard InChI is InChI=1S/C16H24ClN3O3S/c1-12(16(21)20(3)14-7-9-19(2)10-8-14)18-24(22,23)15-6-4-5-13(17)11-15/h4-6,11-12,14,18H,7-10H2,1-3H3/p+1/t12-/m0/s1. The van der Waals surface area contributed by atoms with E-state index in [9.17, 15) is 13.2 Å². The van der Waals surface area contributed by atoms with Crippen molar-refractivity contribution in [2.24, 2.45) is 0 Å². The fourth-order valence-corrected chi connectivity index (χ4v) is 4.45. The highest BCUT2D eigenvalue weighted by atomic mass is 35.5. The van der Waals surface area contributed by atoms with Gasteiger partial charge in [-0.3, -0.25) is 4.79 Å². The van der Waals surface area contributed by atoms with Crippen molar-refractivity contribution in [3.8, 4) is 0 Å². The van der Waals surface area contributed by atoms with E-state index >= 15 is 0 Å². The molecule has 0 spiro atoms. The van der Waals surface area contributed by atoms with Crippen LogP contribution in [0.25, 0.3) is 0 Å². The average molecular weight is 375 g/mol. The number of carbonyl (C=O) groups is 1. The Hall–Kier alpha value is -1.15. The summed E-state index contributed by atoms with van der Waals surface area (Å²) in [7, 11) is 0.100. The van der Waals surface area contributed by atoms with Crippen LogP contribution in [0.4, 0.5) is 0 Å². The molecule has 0 aliphatic carbocycles. The van der Waals surface area contributed by atoms with Crippen molar-refractivity contribution < 1.29 is 18.1 Å². The lowest BCUT2D eigenvalue weighted by Crippen LogP contribution is -3.10. The summed E-state index contributed by atoms with van der Waals surface area (Å²) in [4.78, 5) is 15.8. The molecule has 1 aromatic rings. The molecule has 1 atom stereocenters. The molecule has 134 valence electrons. The number of carbonyl (C=O) groups excluding carboxylic acids is 1. The Bertz CT molecular complexity index is 688. The number of benzene rings is 1. The van der Waals surface area contributed by atoms with E-state index in [4.69, 9.17) is 11.6 Å². The van der Waals surface area contributed by atoms with Gasteiger partial charge in [0.25, 0.3) is 0 Å². The molecule has 0 radical (unpaired) electrons. The van der Waals surface area contributed by atoms with Gasteiger partial charge in [0.15, 0.2) is 0 Å². The summed E-state index contributed by atoms with van der Waals surface area (Å²) in [6.45, 7) is 3.61. The maximum atomic E-state index is 12.6. The summed E-state index contributed by atoms with van der Waals surface area (Å²) in [6.07, 6.45) is 1.86. The number of nitrogens with zero attached hydrogens (tertiary/aromatic N) is 1. The second-order valence-electron chi connectivity index (χ2n) is 6.44. The van der Waals surface area contributed by atoms with Crippen molar-refractivity contribution in [1.29, 1.82) is 0 Å². The molecular formula is C16H25ClN3O3S+. The number of halogens is 1. The Morgan fingerprint density at radius 2 is 2.00 bits per heavy atom. The van der Waals surface area contributed by atoms with Crippen LogP contribution in [-0.4, -0.2) is 58.5 Å². The zero-order chi connectivity index (χ0) is 17.9. The van der Waals surface area contributed by atoms with Crippen LogP contribution in [0.3, 0.4) is 0 Å². The first-order valence-electron chi connectivity index (χ1n) is 8.06. The van der Waals surface area contributed by atoms with Crippen LogP contribution in [0.5, 0.6) is 0 Å². The SMILES string of the molecule is C[C@H](NS(=O)(=O)c1cccc(Cl)c1)C(=O)N(C)C1CC[NH+](C)CC1. The van der Waals surface area contributed by atoms with Crippen molar-refractivity contribution in [2.75, 3.05) is 27.2 Å². The van der Waals surface area contributed by atoms with E-state index in [2.05, 4.69) is 11.8 Å². The molecule has 1 saturated heterocycles. The smallest absolute Gasteiger partial charge is 0.241 e. The minimum absolute atomic E-state index is 0.0557. The Morgan fingerprint density at radius 3 is 2.58 bits per heavy atom. The maximum absolute atomic E-state index is 12.6. The van der Waals surface area contributed by atoms with Crippen molar-refractivity contribution in [1.82, 2.24) is 9.62 Å². The monoisotopic (exact) mass is 374 g/mol. The fraction of sp³-hybridized carbons (Fsp3) is 0.562. The lowest BCUT2D eigenvalue weighted by atomic mass is 10.0. The van der Waals surface area contributed by atoms with Gasteiger partial charge in [-0.1, -0.05) is 17.7 Å². The van der Waals surface area contributed by atoms with Gasteiger partial charge < -0.3 is 9.80 Å². The molecular weight excluding hydrogens is 350 g/mol. The molecule has 2 N–H and O–H groups in total. The maximum Gasteiger partial charge on any atom is 0.241 e. The van der Waals surface area contributed by atoms with Gasteiger partial charge in [-0.2, -0.15) is 4.72 Å². The first kappa shape index (κ1) is 19.2. The summed E-state index contributed by atoms with van der Waals surface area (Å²) < 4.78 is 27.2. The predicted molar refractivity (Wildman–Crippen MR) is 93.6 cm³/mol. The van der Waals surface area contributed by atoms with E-state index in [1.807, 2.05) is 0 Å². The Kier molecular flexibility index (Phi) is 6.25. The van der Waals surface area contributed by atoms with Gasteiger partial charge >= 0.3 is 0 Å². The quantitative estimate of drug-likeness (QED) is 0.770. The fourth-order valence-electron chi connectivity index (χ4n) is 2.95. The molecule has 1 aliphatic rings. The average Bonchev–Trinajstić information content (AvgIpc) is 2.53. The van der Waals surface area contributed by atoms with Crippen LogP contribution in [0.2, 0.25) is 5.02 Å². The lowest BCUT2D eigenvalue weighted by molar-refractivity contribution is -0.885. The molecule has 0 aromatic heterocycles. The molecule has 1 amide bonds. The van der Waals surface area contributed by atoms with Crippen molar-refractivity contribution in [3.05, 3.63) is 29.3 Å². The summed E-state index contributed by atoms with van der Waals surface area (Å²) in [6, 6.07) is 5.33. The van der Waals surface area contributed by atoms with E-state index in [-0.39, 0.29) is 16.8 Å². The van der Waals surface area contributed by atoms with Crippen molar-refractivity contribution in [3.63, 3.8) is 0 Å². The van der Waals surface area contributed by atoms with Gasteiger partial charge in [-0.15, -0.1) is 0 Å².